The molecule has 17 heavy (non-hydrogen) atoms. The summed E-state index contributed by atoms with van der Waals surface area (Å²) in [4.78, 5) is 15.5. The van der Waals surface area contributed by atoms with Gasteiger partial charge < -0.3 is 19.9 Å². The SMILES string of the molecule is COC(=O)c1cc(N)cnc1OC1CCOC1. The number of carbonyl (C=O) groups excluding carboxylic acids is 1. The third-order valence-corrected chi connectivity index (χ3v) is 2.44. The zero-order valence-electron chi connectivity index (χ0n) is 9.51. The molecule has 1 atom stereocenters. The van der Waals surface area contributed by atoms with E-state index in [1.807, 2.05) is 0 Å². The Morgan fingerprint density at radius 1 is 1.65 bits per heavy atom. The van der Waals surface area contributed by atoms with E-state index in [0.717, 1.165) is 6.42 Å². The summed E-state index contributed by atoms with van der Waals surface area (Å²) in [5.41, 5.74) is 6.20. The van der Waals surface area contributed by atoms with E-state index in [4.69, 9.17) is 15.2 Å². The number of pyridine rings is 1. The van der Waals surface area contributed by atoms with E-state index in [9.17, 15) is 4.79 Å². The van der Waals surface area contributed by atoms with Crippen molar-refractivity contribution in [2.75, 3.05) is 26.1 Å². The maximum atomic E-state index is 11.5. The van der Waals surface area contributed by atoms with Crippen LogP contribution in [0.3, 0.4) is 0 Å². The topological polar surface area (TPSA) is 83.7 Å². The Kier molecular flexibility index (Phi) is 3.43. The molecule has 0 aromatic carbocycles. The first-order valence-electron chi connectivity index (χ1n) is 5.29. The minimum Gasteiger partial charge on any atom is -0.471 e. The van der Waals surface area contributed by atoms with Gasteiger partial charge >= 0.3 is 5.97 Å². The van der Waals surface area contributed by atoms with Gasteiger partial charge in [0, 0.05) is 6.42 Å². The van der Waals surface area contributed by atoms with Crippen molar-refractivity contribution in [3.05, 3.63) is 17.8 Å². The summed E-state index contributed by atoms with van der Waals surface area (Å²) in [6.45, 7) is 1.17. The Morgan fingerprint density at radius 2 is 2.47 bits per heavy atom. The van der Waals surface area contributed by atoms with E-state index in [-0.39, 0.29) is 17.5 Å². The lowest BCUT2D eigenvalue weighted by Gasteiger charge is -2.13. The number of hydrogen-bond acceptors (Lipinski definition) is 6. The predicted molar refractivity (Wildman–Crippen MR) is 59.8 cm³/mol. The van der Waals surface area contributed by atoms with E-state index in [1.54, 1.807) is 0 Å². The van der Waals surface area contributed by atoms with Crippen LogP contribution >= 0.6 is 0 Å². The number of rotatable bonds is 3. The number of nitrogen functional groups attached to an aromatic ring is 1. The molecule has 92 valence electrons. The van der Waals surface area contributed by atoms with Gasteiger partial charge in [0.15, 0.2) is 0 Å². The highest BCUT2D eigenvalue weighted by atomic mass is 16.6. The first kappa shape index (κ1) is 11.7. The van der Waals surface area contributed by atoms with E-state index in [0.29, 0.717) is 18.9 Å². The molecule has 6 heteroatoms. The van der Waals surface area contributed by atoms with Crippen molar-refractivity contribution >= 4 is 11.7 Å². The quantitative estimate of drug-likeness (QED) is 0.777. The molecule has 1 aromatic rings. The standard InChI is InChI=1S/C11H14N2O4/c1-15-11(14)9-4-7(12)5-13-10(9)17-8-2-3-16-6-8/h4-5,8H,2-3,6,12H2,1H3. The fourth-order valence-electron chi connectivity index (χ4n) is 1.58. The molecule has 0 radical (unpaired) electrons. The molecular formula is C11H14N2O4. The average molecular weight is 238 g/mol. The highest BCUT2D eigenvalue weighted by Crippen LogP contribution is 2.22. The van der Waals surface area contributed by atoms with Crippen molar-refractivity contribution in [3.63, 3.8) is 0 Å². The number of methoxy groups -OCH3 is 1. The maximum absolute atomic E-state index is 11.5. The largest absolute Gasteiger partial charge is 0.471 e. The molecule has 1 fully saturated rings. The second-order valence-corrected chi connectivity index (χ2v) is 3.72. The Hall–Kier alpha value is -1.82. The summed E-state index contributed by atoms with van der Waals surface area (Å²) in [5.74, 6) is -0.278. The van der Waals surface area contributed by atoms with Crippen molar-refractivity contribution in [2.45, 2.75) is 12.5 Å². The van der Waals surface area contributed by atoms with Crippen molar-refractivity contribution in [1.29, 1.82) is 0 Å². The Balaban J connectivity index is 2.22. The van der Waals surface area contributed by atoms with Gasteiger partial charge in [-0.15, -0.1) is 0 Å². The van der Waals surface area contributed by atoms with Crippen molar-refractivity contribution in [2.24, 2.45) is 0 Å². The first-order chi connectivity index (χ1) is 8.20. The molecule has 1 aliphatic rings. The summed E-state index contributed by atoms with van der Waals surface area (Å²) in [6.07, 6.45) is 2.15. The average Bonchev–Trinajstić information content (AvgIpc) is 2.83. The molecule has 0 spiro atoms. The lowest BCUT2D eigenvalue weighted by atomic mass is 10.2. The van der Waals surface area contributed by atoms with Gasteiger partial charge in [0.25, 0.3) is 0 Å². The summed E-state index contributed by atoms with van der Waals surface area (Å²) in [6, 6.07) is 1.49. The molecule has 1 saturated heterocycles. The Labute approximate surface area is 98.7 Å². The number of carbonyl (C=O) groups is 1. The molecule has 0 saturated carbocycles. The number of aromatic nitrogens is 1. The molecular weight excluding hydrogens is 224 g/mol. The zero-order valence-corrected chi connectivity index (χ0v) is 9.51. The van der Waals surface area contributed by atoms with Crippen molar-refractivity contribution in [3.8, 4) is 5.88 Å². The molecule has 2 heterocycles. The number of esters is 1. The van der Waals surface area contributed by atoms with E-state index in [1.165, 1.54) is 19.4 Å². The van der Waals surface area contributed by atoms with Crippen molar-refractivity contribution in [1.82, 2.24) is 4.98 Å². The van der Waals surface area contributed by atoms with E-state index in [2.05, 4.69) is 9.72 Å². The smallest absolute Gasteiger partial charge is 0.343 e. The third kappa shape index (κ3) is 2.65. The number of nitrogens with zero attached hydrogens (tertiary/aromatic N) is 1. The second kappa shape index (κ2) is 5.01. The zero-order chi connectivity index (χ0) is 12.3. The van der Waals surface area contributed by atoms with Gasteiger partial charge in [0.1, 0.15) is 11.7 Å². The molecule has 1 aromatic heterocycles. The van der Waals surface area contributed by atoms with Gasteiger partial charge in [-0.1, -0.05) is 0 Å². The van der Waals surface area contributed by atoms with Crippen molar-refractivity contribution < 1.29 is 19.0 Å². The van der Waals surface area contributed by atoms with E-state index >= 15 is 0 Å². The van der Waals surface area contributed by atoms with Crippen LogP contribution < -0.4 is 10.5 Å². The third-order valence-electron chi connectivity index (χ3n) is 2.44. The predicted octanol–water partition coefficient (Wildman–Crippen LogP) is 0.618. The van der Waals surface area contributed by atoms with Gasteiger partial charge in [0.2, 0.25) is 5.88 Å². The van der Waals surface area contributed by atoms with Gasteiger partial charge in [0.05, 0.1) is 32.2 Å². The fraction of sp³-hybridized carbons (Fsp3) is 0.455. The summed E-state index contributed by atoms with van der Waals surface area (Å²) in [7, 11) is 1.30. The number of ether oxygens (including phenoxy) is 3. The first-order valence-corrected chi connectivity index (χ1v) is 5.29. The van der Waals surface area contributed by atoms with Crippen LogP contribution in [0.15, 0.2) is 12.3 Å². The summed E-state index contributed by atoms with van der Waals surface area (Å²) in [5, 5.41) is 0. The molecule has 6 nitrogen and oxygen atoms in total. The summed E-state index contributed by atoms with van der Waals surface area (Å²) < 4.78 is 15.4. The second-order valence-electron chi connectivity index (χ2n) is 3.72. The monoisotopic (exact) mass is 238 g/mol. The lowest BCUT2D eigenvalue weighted by Crippen LogP contribution is -2.19. The highest BCUT2D eigenvalue weighted by Gasteiger charge is 2.22. The Morgan fingerprint density at radius 3 is 3.12 bits per heavy atom. The Bertz CT molecular complexity index is 416. The molecule has 1 aliphatic heterocycles. The van der Waals surface area contributed by atoms with Crippen LogP contribution in [-0.2, 0) is 9.47 Å². The lowest BCUT2D eigenvalue weighted by molar-refractivity contribution is 0.0590. The summed E-state index contributed by atoms with van der Waals surface area (Å²) >= 11 is 0. The molecule has 0 aliphatic carbocycles. The fourth-order valence-corrected chi connectivity index (χ4v) is 1.58. The van der Waals surface area contributed by atoms with Gasteiger partial charge in [-0.25, -0.2) is 9.78 Å². The van der Waals surface area contributed by atoms with Crippen LogP contribution in [-0.4, -0.2) is 37.4 Å². The van der Waals surface area contributed by atoms with Crippen LogP contribution in [0.1, 0.15) is 16.8 Å². The molecule has 2 rings (SSSR count). The molecule has 2 N–H and O–H groups in total. The molecule has 0 bridgehead atoms. The van der Waals surface area contributed by atoms with Crippen LogP contribution in [0.25, 0.3) is 0 Å². The van der Waals surface area contributed by atoms with Gasteiger partial charge in [-0.3, -0.25) is 0 Å². The van der Waals surface area contributed by atoms with Crippen LogP contribution in [0, 0.1) is 0 Å². The number of anilines is 1. The maximum Gasteiger partial charge on any atom is 0.343 e. The highest BCUT2D eigenvalue weighted by molar-refractivity contribution is 5.92. The minimum atomic E-state index is -0.515. The molecule has 0 amide bonds. The molecule has 1 unspecified atom stereocenters. The number of nitrogens with two attached hydrogens (primary N) is 1. The number of hydrogen-bond donors (Lipinski definition) is 1. The normalized spacial score (nSPS) is 19.0. The van der Waals surface area contributed by atoms with Crippen LogP contribution in [0.4, 0.5) is 5.69 Å². The van der Waals surface area contributed by atoms with Crippen LogP contribution in [0.2, 0.25) is 0 Å². The van der Waals surface area contributed by atoms with Crippen LogP contribution in [0.5, 0.6) is 5.88 Å². The van der Waals surface area contributed by atoms with Gasteiger partial charge in [-0.05, 0) is 6.07 Å². The van der Waals surface area contributed by atoms with Gasteiger partial charge in [-0.2, -0.15) is 0 Å². The minimum absolute atomic E-state index is 0.0745. The van der Waals surface area contributed by atoms with E-state index < -0.39 is 5.97 Å².